The molecule has 6 aromatic rings. The van der Waals surface area contributed by atoms with Crippen LogP contribution >= 0.6 is 34.8 Å². The van der Waals surface area contributed by atoms with Crippen molar-refractivity contribution in [2.75, 3.05) is 113 Å². The highest BCUT2D eigenvalue weighted by molar-refractivity contribution is 6.31. The molecule has 0 atom stereocenters. The molecular formula is C63H78Cl3N9O3. The monoisotopic (exact) mass is 1110 g/mol. The van der Waals surface area contributed by atoms with Gasteiger partial charge in [-0.05, 0) is 162 Å². The molecule has 0 radical (unpaired) electrons. The Morgan fingerprint density at radius 3 is 0.962 bits per heavy atom. The van der Waals surface area contributed by atoms with Crippen molar-refractivity contribution in [3.63, 3.8) is 0 Å². The molecule has 0 saturated carbocycles. The number of piperazine rings is 3. The number of Topliss-reactive ketones (excluding diaryl/α,β-unsaturated/α-hetero) is 3. The van der Waals surface area contributed by atoms with Crippen molar-refractivity contribution in [2.45, 2.75) is 96.7 Å². The van der Waals surface area contributed by atoms with Crippen LogP contribution in [0, 0.1) is 0 Å². The van der Waals surface area contributed by atoms with Crippen LogP contribution in [0.5, 0.6) is 0 Å². The summed E-state index contributed by atoms with van der Waals surface area (Å²) in [6.07, 6.45) is 18.1. The average molecular weight is 1120 g/mol. The molecule has 0 bridgehead atoms. The number of aryl methyl sites for hydroxylation is 2. The predicted molar refractivity (Wildman–Crippen MR) is 319 cm³/mol. The lowest BCUT2D eigenvalue weighted by Crippen LogP contribution is -2.47. The fourth-order valence-electron chi connectivity index (χ4n) is 12.4. The Morgan fingerprint density at radius 1 is 0.308 bits per heavy atom. The molecule has 0 unspecified atom stereocenters. The zero-order valence-corrected chi connectivity index (χ0v) is 47.8. The Balaban J connectivity index is 0.000000132. The number of anilines is 3. The molecule has 3 aliphatic carbocycles. The number of rotatable bonds is 15. The molecule has 0 N–H and O–H groups in total. The Kier molecular flexibility index (Phi) is 19.5. The SMILES string of the molecule is O=C1CCCc2c1ccn2CCCCN1CCN(c2ccc(Cl)cc2)CC1.O=C1CCCc2c1ccn2CCCN1CCN(c2ccc(Cl)cc2)CC1.O=C1CCCc2c1ccn2CCN1CCN(c2ccc(Cl)cc2)CC1. The number of benzene rings is 3. The fourth-order valence-corrected chi connectivity index (χ4v) is 12.7. The van der Waals surface area contributed by atoms with E-state index in [1.807, 2.05) is 54.6 Å². The molecule has 78 heavy (non-hydrogen) atoms. The first kappa shape index (κ1) is 56.0. The van der Waals surface area contributed by atoms with Crippen LogP contribution in [0.1, 0.15) is 106 Å². The number of aromatic nitrogens is 3. The first-order valence-corrected chi connectivity index (χ1v) is 30.1. The Morgan fingerprint density at radius 2 is 0.603 bits per heavy atom. The van der Waals surface area contributed by atoms with Gasteiger partial charge in [0.05, 0.1) is 0 Å². The van der Waals surface area contributed by atoms with Crippen LogP contribution in [0.25, 0.3) is 0 Å². The molecule has 3 aliphatic heterocycles. The number of halogens is 3. The fraction of sp³-hybridized carbons (Fsp3) is 0.476. The van der Waals surface area contributed by atoms with Gasteiger partial charge in [0, 0.05) is 208 Å². The molecular weight excluding hydrogens is 1040 g/mol. The number of fused-ring (bicyclic) bond motifs is 3. The second-order valence-corrected chi connectivity index (χ2v) is 23.2. The summed E-state index contributed by atoms with van der Waals surface area (Å²) in [5.41, 5.74) is 10.4. The van der Waals surface area contributed by atoms with Gasteiger partial charge in [-0.3, -0.25) is 29.1 Å². The highest BCUT2D eigenvalue weighted by Crippen LogP contribution is 2.27. The number of hydrogen-bond acceptors (Lipinski definition) is 9. The van der Waals surface area contributed by atoms with Gasteiger partial charge in [-0.25, -0.2) is 0 Å². The normalized spacial score (nSPS) is 18.2. The van der Waals surface area contributed by atoms with Gasteiger partial charge in [-0.15, -0.1) is 0 Å². The number of carbonyl (C=O) groups is 3. The van der Waals surface area contributed by atoms with Crippen LogP contribution in [-0.4, -0.2) is 144 Å². The first-order valence-electron chi connectivity index (χ1n) is 28.9. The molecule has 3 fully saturated rings. The second-order valence-electron chi connectivity index (χ2n) is 21.9. The highest BCUT2D eigenvalue weighted by Gasteiger charge is 2.25. The van der Waals surface area contributed by atoms with Crippen LogP contribution < -0.4 is 14.7 Å². The largest absolute Gasteiger partial charge is 0.369 e. The number of ketones is 3. The van der Waals surface area contributed by atoms with E-state index >= 15 is 0 Å². The van der Waals surface area contributed by atoms with E-state index in [-0.39, 0.29) is 0 Å². The lowest BCUT2D eigenvalue weighted by atomic mass is 9.97. The van der Waals surface area contributed by atoms with Gasteiger partial charge in [0.2, 0.25) is 0 Å². The van der Waals surface area contributed by atoms with E-state index in [9.17, 15) is 14.4 Å². The van der Waals surface area contributed by atoms with Crippen LogP contribution in [-0.2, 0) is 38.9 Å². The Hall–Kier alpha value is -5.34. The van der Waals surface area contributed by atoms with Crippen molar-refractivity contribution in [3.8, 4) is 0 Å². The van der Waals surface area contributed by atoms with Crippen molar-refractivity contribution >= 4 is 69.2 Å². The zero-order valence-electron chi connectivity index (χ0n) is 45.5. The van der Waals surface area contributed by atoms with Crippen LogP contribution in [0.2, 0.25) is 15.1 Å². The zero-order chi connectivity index (χ0) is 53.8. The molecule has 3 aromatic heterocycles. The summed E-state index contributed by atoms with van der Waals surface area (Å²) in [5.74, 6) is 0.966. The van der Waals surface area contributed by atoms with E-state index in [4.69, 9.17) is 34.8 Å². The summed E-state index contributed by atoms with van der Waals surface area (Å²) in [6, 6.07) is 30.5. The maximum atomic E-state index is 12.0. The molecule has 12 nitrogen and oxygen atoms in total. The van der Waals surface area contributed by atoms with E-state index < -0.39 is 0 Å². The summed E-state index contributed by atoms with van der Waals surface area (Å²) in [4.78, 5) is 50.8. The Bertz CT molecular complexity index is 2910. The van der Waals surface area contributed by atoms with Crippen molar-refractivity contribution < 1.29 is 14.4 Å². The van der Waals surface area contributed by atoms with E-state index in [2.05, 4.69) is 98.1 Å². The number of nitrogens with zero attached hydrogens (tertiary/aromatic N) is 9. The summed E-state index contributed by atoms with van der Waals surface area (Å²) in [7, 11) is 0. The van der Waals surface area contributed by atoms with Crippen LogP contribution in [0.3, 0.4) is 0 Å². The van der Waals surface area contributed by atoms with Gasteiger partial charge in [0.25, 0.3) is 0 Å². The lowest BCUT2D eigenvalue weighted by molar-refractivity contribution is 0.0963. The minimum Gasteiger partial charge on any atom is -0.369 e. The van der Waals surface area contributed by atoms with Crippen molar-refractivity contribution in [2.24, 2.45) is 0 Å². The van der Waals surface area contributed by atoms with Crippen LogP contribution in [0.4, 0.5) is 17.1 Å². The summed E-state index contributed by atoms with van der Waals surface area (Å²) >= 11 is 17.9. The minimum atomic E-state index is 0.316. The molecule has 3 saturated heterocycles. The van der Waals surface area contributed by atoms with Gasteiger partial charge >= 0.3 is 0 Å². The molecule has 12 rings (SSSR count). The summed E-state index contributed by atoms with van der Waals surface area (Å²) in [6.45, 7) is 19.3. The predicted octanol–water partition coefficient (Wildman–Crippen LogP) is 11.6. The molecule has 15 heteroatoms. The highest BCUT2D eigenvalue weighted by atomic mass is 35.5. The third-order valence-corrected chi connectivity index (χ3v) is 17.7. The number of hydrogen-bond donors (Lipinski definition) is 0. The molecule has 6 aliphatic rings. The Labute approximate surface area is 477 Å². The molecule has 3 aromatic carbocycles. The average Bonchev–Trinajstić information content (AvgIpc) is 4.24. The van der Waals surface area contributed by atoms with Crippen LogP contribution in [0.15, 0.2) is 110 Å². The summed E-state index contributed by atoms with van der Waals surface area (Å²) < 4.78 is 6.90. The topological polar surface area (TPSA) is 85.4 Å². The third kappa shape index (κ3) is 14.5. The van der Waals surface area contributed by atoms with Crippen molar-refractivity contribution in [3.05, 3.63) is 158 Å². The maximum Gasteiger partial charge on any atom is 0.164 e. The van der Waals surface area contributed by atoms with Gasteiger partial charge < -0.3 is 28.4 Å². The van der Waals surface area contributed by atoms with E-state index in [0.29, 0.717) is 23.8 Å². The third-order valence-electron chi connectivity index (χ3n) is 16.9. The van der Waals surface area contributed by atoms with Crippen molar-refractivity contribution in [1.29, 1.82) is 0 Å². The number of carbonyl (C=O) groups excluding carboxylic acids is 3. The summed E-state index contributed by atoms with van der Waals surface area (Å²) in [5, 5.41) is 2.38. The standard InChI is InChI=1S/C22H28ClN3O.C21H26ClN3O.C20H24ClN3O/c23-18-6-8-19(9-7-18)25-16-14-24(15-17-25)11-1-2-12-26-13-10-20-21(26)4-3-5-22(20)27;22-17-5-7-18(8-6-17)24-15-13-23(14-16-24)10-2-11-25-12-9-19-20(25)3-1-4-21(19)26;21-16-4-6-17(7-5-16)23-13-10-22(11-14-23)12-15-24-9-8-18-19(24)2-1-3-20(18)25/h6-10,13H,1-5,11-12,14-17H2;5-9,12H,1-4,10-11,13-16H2;4-9H,1-3,10-15H2. The van der Waals surface area contributed by atoms with Gasteiger partial charge in [0.1, 0.15) is 0 Å². The molecule has 6 heterocycles. The lowest BCUT2D eigenvalue weighted by Gasteiger charge is -2.36. The maximum absolute atomic E-state index is 12.0. The molecule has 414 valence electrons. The minimum absolute atomic E-state index is 0.316. The first-order chi connectivity index (χ1) is 38.1. The van der Waals surface area contributed by atoms with E-state index in [1.54, 1.807) is 0 Å². The smallest absolute Gasteiger partial charge is 0.164 e. The number of unbranched alkanes of at least 4 members (excludes halogenated alkanes) is 1. The quantitative estimate of drug-likeness (QED) is 0.0934. The van der Waals surface area contributed by atoms with E-state index in [1.165, 1.54) is 47.0 Å². The van der Waals surface area contributed by atoms with Crippen molar-refractivity contribution in [1.82, 2.24) is 28.4 Å². The van der Waals surface area contributed by atoms with Gasteiger partial charge in [-0.1, -0.05) is 34.8 Å². The molecule has 0 spiro atoms. The second kappa shape index (κ2) is 27.2. The van der Waals surface area contributed by atoms with Gasteiger partial charge in [-0.2, -0.15) is 0 Å². The van der Waals surface area contributed by atoms with Gasteiger partial charge in [0.15, 0.2) is 17.3 Å². The van der Waals surface area contributed by atoms with E-state index in [0.717, 1.165) is 207 Å². The molecule has 0 amide bonds.